The van der Waals surface area contributed by atoms with Crippen LogP contribution in [0.1, 0.15) is 30.5 Å². The number of anilines is 3. The highest BCUT2D eigenvalue weighted by Crippen LogP contribution is 2.35. The number of hydrogen-bond donors (Lipinski definition) is 1. The normalized spacial score (nSPS) is 20.9. The number of halogens is 1. The van der Waals surface area contributed by atoms with Crippen molar-refractivity contribution in [2.45, 2.75) is 44.3 Å². The van der Waals surface area contributed by atoms with E-state index in [1.54, 1.807) is 11.3 Å². The summed E-state index contributed by atoms with van der Waals surface area (Å²) in [7, 11) is 6.49. The maximum Gasteiger partial charge on any atom is 0.186 e. The van der Waals surface area contributed by atoms with Crippen molar-refractivity contribution in [3.05, 3.63) is 41.6 Å². The second-order valence-corrected chi connectivity index (χ2v) is 10.9. The van der Waals surface area contributed by atoms with Gasteiger partial charge in [0, 0.05) is 36.4 Å². The molecular formula is C26H31FN6S. The molecule has 1 aromatic carbocycles. The minimum absolute atomic E-state index is 0.449. The number of hydrogen-bond acceptors (Lipinski definition) is 6. The summed E-state index contributed by atoms with van der Waals surface area (Å²) in [5.74, 6) is 0.834. The molecule has 34 heavy (non-hydrogen) atoms. The topological polar surface area (TPSA) is 49.2 Å². The number of alkyl halides is 1. The Balaban J connectivity index is 1.27. The molecule has 1 unspecified atom stereocenters. The number of aryl methyl sites for hydroxylation is 1. The van der Waals surface area contributed by atoms with E-state index >= 15 is 0 Å². The van der Waals surface area contributed by atoms with Gasteiger partial charge < -0.3 is 19.7 Å². The summed E-state index contributed by atoms with van der Waals surface area (Å²) in [6, 6.07) is 11.1. The van der Waals surface area contributed by atoms with Crippen LogP contribution in [0.5, 0.6) is 0 Å². The third-order valence-corrected chi connectivity index (χ3v) is 8.54. The molecule has 0 radical (unpaired) electrons. The zero-order valence-corrected chi connectivity index (χ0v) is 20.8. The molecule has 6 rings (SSSR count). The Kier molecular flexibility index (Phi) is 5.45. The Morgan fingerprint density at radius 1 is 1.15 bits per heavy atom. The van der Waals surface area contributed by atoms with Crippen molar-refractivity contribution in [1.82, 2.24) is 19.4 Å². The highest BCUT2D eigenvalue weighted by molar-refractivity contribution is 7.22. The molecule has 0 saturated carbocycles. The lowest BCUT2D eigenvalue weighted by molar-refractivity contribution is 0.267. The number of likely N-dealkylation sites (N-methyl/N-ethyl adjacent to an activating group) is 1. The summed E-state index contributed by atoms with van der Waals surface area (Å²) in [5, 5.41) is 5.66. The number of nitrogens with zero attached hydrogens (tertiary/aromatic N) is 5. The molecule has 8 heteroatoms. The second-order valence-electron chi connectivity index (χ2n) is 9.90. The molecule has 6 nitrogen and oxygen atoms in total. The molecule has 3 aromatic heterocycles. The lowest BCUT2D eigenvalue weighted by Crippen LogP contribution is -2.36. The fourth-order valence-electron chi connectivity index (χ4n) is 5.50. The number of benzene rings is 1. The molecular weight excluding hydrogens is 447 g/mol. The quantitative estimate of drug-likeness (QED) is 0.432. The number of piperidine rings is 1. The Labute approximate surface area is 203 Å². The Morgan fingerprint density at radius 2 is 2.03 bits per heavy atom. The van der Waals surface area contributed by atoms with Gasteiger partial charge in [0.2, 0.25) is 0 Å². The van der Waals surface area contributed by atoms with Crippen LogP contribution < -0.4 is 10.2 Å². The van der Waals surface area contributed by atoms with Crippen LogP contribution in [0.25, 0.3) is 21.3 Å². The molecule has 1 aliphatic carbocycles. The van der Waals surface area contributed by atoms with Gasteiger partial charge >= 0.3 is 0 Å². The van der Waals surface area contributed by atoms with Gasteiger partial charge in [0.25, 0.3) is 0 Å². The summed E-state index contributed by atoms with van der Waals surface area (Å²) in [6.07, 6.45) is 4.15. The molecule has 1 fully saturated rings. The van der Waals surface area contributed by atoms with Crippen LogP contribution in [0.15, 0.2) is 30.3 Å². The largest absolute Gasteiger partial charge is 0.345 e. The maximum atomic E-state index is 13.9. The van der Waals surface area contributed by atoms with Crippen molar-refractivity contribution in [3.63, 3.8) is 0 Å². The second kappa shape index (κ2) is 8.50. The van der Waals surface area contributed by atoms with Gasteiger partial charge in [0.05, 0.1) is 16.8 Å². The average Bonchev–Trinajstić information content (AvgIpc) is 3.38. The summed E-state index contributed by atoms with van der Waals surface area (Å²) < 4.78 is 17.3. The number of fused-ring (bicyclic) bond motifs is 4. The Hall–Kier alpha value is -2.71. The summed E-state index contributed by atoms with van der Waals surface area (Å²) in [5.41, 5.74) is 5.81. The van der Waals surface area contributed by atoms with Crippen LogP contribution in [0.2, 0.25) is 0 Å². The van der Waals surface area contributed by atoms with E-state index in [9.17, 15) is 4.39 Å². The zero-order chi connectivity index (χ0) is 23.4. The van der Waals surface area contributed by atoms with Crippen molar-refractivity contribution >= 4 is 49.2 Å². The first-order chi connectivity index (χ1) is 16.5. The average molecular weight is 479 g/mol. The summed E-state index contributed by atoms with van der Waals surface area (Å²) >= 11 is 1.64. The number of nitrogens with one attached hydrogen (secondary N) is 1. The van der Waals surface area contributed by atoms with Crippen molar-refractivity contribution in [3.8, 4) is 0 Å². The predicted molar refractivity (Wildman–Crippen MR) is 139 cm³/mol. The van der Waals surface area contributed by atoms with Crippen LogP contribution in [0, 0.1) is 0 Å². The summed E-state index contributed by atoms with van der Waals surface area (Å²) in [6.45, 7) is 1.33. The van der Waals surface area contributed by atoms with E-state index in [4.69, 9.17) is 9.97 Å². The maximum absolute atomic E-state index is 13.9. The molecule has 178 valence electrons. The van der Waals surface area contributed by atoms with Crippen molar-refractivity contribution < 1.29 is 4.39 Å². The molecule has 4 heterocycles. The third-order valence-electron chi connectivity index (χ3n) is 7.44. The lowest BCUT2D eigenvalue weighted by Gasteiger charge is -2.28. The molecule has 2 aliphatic rings. The van der Waals surface area contributed by atoms with Gasteiger partial charge in [0.1, 0.15) is 17.6 Å². The van der Waals surface area contributed by atoms with E-state index in [0.29, 0.717) is 19.0 Å². The first kappa shape index (κ1) is 21.8. The third kappa shape index (κ3) is 3.82. The van der Waals surface area contributed by atoms with E-state index in [0.717, 1.165) is 58.3 Å². The van der Waals surface area contributed by atoms with Gasteiger partial charge in [0.15, 0.2) is 5.13 Å². The lowest BCUT2D eigenvalue weighted by atomic mass is 9.91. The Morgan fingerprint density at radius 3 is 2.85 bits per heavy atom. The van der Waals surface area contributed by atoms with E-state index in [1.807, 2.05) is 0 Å². The SMILES string of the molecule is CN(C)C1CCc2c(c3ccc(Nc4ccc5sc(N6CCC[C@@H](F)C6)nc5c4)nc3n2C)C1. The smallest absolute Gasteiger partial charge is 0.186 e. The summed E-state index contributed by atoms with van der Waals surface area (Å²) in [4.78, 5) is 14.2. The van der Waals surface area contributed by atoms with Gasteiger partial charge in [-0.15, -0.1) is 0 Å². The molecule has 0 bridgehead atoms. The minimum atomic E-state index is -0.754. The van der Waals surface area contributed by atoms with Gasteiger partial charge in [-0.05, 0) is 82.1 Å². The van der Waals surface area contributed by atoms with Gasteiger partial charge in [-0.3, -0.25) is 0 Å². The number of rotatable bonds is 4. The molecule has 2 atom stereocenters. The molecule has 0 amide bonds. The van der Waals surface area contributed by atoms with E-state index < -0.39 is 6.17 Å². The molecule has 4 aromatic rings. The number of thiazole rings is 1. The first-order valence-corrected chi connectivity index (χ1v) is 13.0. The van der Waals surface area contributed by atoms with Crippen molar-refractivity contribution in [2.24, 2.45) is 7.05 Å². The van der Waals surface area contributed by atoms with Gasteiger partial charge in [-0.1, -0.05) is 11.3 Å². The molecule has 1 N–H and O–H groups in total. The highest BCUT2D eigenvalue weighted by Gasteiger charge is 2.26. The van der Waals surface area contributed by atoms with Crippen LogP contribution in [0.4, 0.5) is 21.0 Å². The van der Waals surface area contributed by atoms with E-state index in [2.05, 4.69) is 71.2 Å². The van der Waals surface area contributed by atoms with Crippen molar-refractivity contribution in [1.29, 1.82) is 0 Å². The monoisotopic (exact) mass is 478 g/mol. The fourth-order valence-corrected chi connectivity index (χ4v) is 6.48. The minimum Gasteiger partial charge on any atom is -0.345 e. The van der Waals surface area contributed by atoms with Crippen molar-refractivity contribution in [2.75, 3.05) is 37.4 Å². The van der Waals surface area contributed by atoms with Crippen LogP contribution >= 0.6 is 11.3 Å². The highest BCUT2D eigenvalue weighted by atomic mass is 32.1. The predicted octanol–water partition coefficient (Wildman–Crippen LogP) is 5.28. The standard InChI is InChI=1S/C26H31FN6S/c1-31(2)18-7-9-22-20(14-18)19-8-11-24(30-25(19)32(22)3)28-17-6-10-23-21(13-17)29-26(34-23)33-12-4-5-16(27)15-33/h6,8,10-11,13,16,18H,4-5,7,9,12,14-15H2,1-3H3,(H,28,30)/t16-,18?/m1/s1. The Bertz CT molecular complexity index is 1360. The van der Waals surface area contributed by atoms with E-state index in [1.165, 1.54) is 23.1 Å². The molecule has 1 saturated heterocycles. The van der Waals surface area contributed by atoms with Crippen LogP contribution in [-0.4, -0.2) is 58.8 Å². The fraction of sp³-hybridized carbons (Fsp3) is 0.462. The molecule has 1 aliphatic heterocycles. The number of pyridine rings is 1. The van der Waals surface area contributed by atoms with E-state index in [-0.39, 0.29) is 0 Å². The number of aromatic nitrogens is 3. The van der Waals surface area contributed by atoms with Crippen LogP contribution in [-0.2, 0) is 19.9 Å². The molecule has 0 spiro atoms. The van der Waals surface area contributed by atoms with Crippen LogP contribution in [0.3, 0.4) is 0 Å². The van der Waals surface area contributed by atoms with Gasteiger partial charge in [-0.2, -0.15) is 0 Å². The van der Waals surface area contributed by atoms with Gasteiger partial charge in [-0.25, -0.2) is 14.4 Å². The first-order valence-electron chi connectivity index (χ1n) is 12.2. The zero-order valence-electron chi connectivity index (χ0n) is 20.0.